The number of Topliss-reactive ketones (excluding diaryl/α,β-unsaturated/α-hetero) is 1. The first-order chi connectivity index (χ1) is 8.45. The molecule has 0 bridgehead atoms. The van der Waals surface area contributed by atoms with Crippen molar-refractivity contribution in [2.45, 2.75) is 20.3 Å². The van der Waals surface area contributed by atoms with Crippen LogP contribution in [0.5, 0.6) is 0 Å². The molecule has 106 valence electrons. The Balaban J connectivity index is 0.00000180. The molecule has 1 unspecified atom stereocenters. The summed E-state index contributed by atoms with van der Waals surface area (Å²) in [6, 6.07) is 1.69. The number of nitrogens with two attached hydrogens (primary N) is 1. The number of carbonyl (C=O) groups is 2. The maximum Gasteiger partial charge on any atom is 0.263 e. The second-order valence-electron chi connectivity index (χ2n) is 5.25. The summed E-state index contributed by atoms with van der Waals surface area (Å²) in [4.78, 5) is 26.0. The van der Waals surface area contributed by atoms with E-state index in [0.717, 1.165) is 13.0 Å². The van der Waals surface area contributed by atoms with Gasteiger partial charge in [-0.2, -0.15) is 0 Å². The van der Waals surface area contributed by atoms with E-state index in [1.54, 1.807) is 11.4 Å². The number of likely N-dealkylation sites (tertiary alicyclic amines) is 1. The maximum absolute atomic E-state index is 12.3. The van der Waals surface area contributed by atoms with Crippen molar-refractivity contribution in [2.24, 2.45) is 11.1 Å². The molecule has 1 fully saturated rings. The summed E-state index contributed by atoms with van der Waals surface area (Å²) >= 11 is 1.34. The van der Waals surface area contributed by atoms with Crippen LogP contribution in [-0.2, 0) is 0 Å². The van der Waals surface area contributed by atoms with Crippen molar-refractivity contribution in [3.63, 3.8) is 0 Å². The molecule has 2 rings (SSSR count). The maximum atomic E-state index is 12.3. The molecule has 1 atom stereocenters. The molecule has 1 saturated heterocycles. The van der Waals surface area contributed by atoms with Crippen LogP contribution in [0.2, 0.25) is 0 Å². The first kappa shape index (κ1) is 16.1. The highest BCUT2D eigenvalue weighted by molar-refractivity contribution is 7.12. The van der Waals surface area contributed by atoms with Crippen molar-refractivity contribution in [1.29, 1.82) is 0 Å². The van der Waals surface area contributed by atoms with E-state index in [9.17, 15) is 9.59 Å². The third kappa shape index (κ3) is 3.35. The fraction of sp³-hybridized carbons (Fsp3) is 0.538. The van der Waals surface area contributed by atoms with Crippen molar-refractivity contribution >= 4 is 35.4 Å². The normalized spacial score (nSPS) is 22.2. The molecular formula is C13H19ClN2O2S. The number of halogens is 1. The summed E-state index contributed by atoms with van der Waals surface area (Å²) < 4.78 is 0. The lowest BCUT2D eigenvalue weighted by molar-refractivity contribution is 0.0781. The number of amides is 1. The Bertz CT molecular complexity index is 489. The van der Waals surface area contributed by atoms with Crippen LogP contribution < -0.4 is 5.73 Å². The van der Waals surface area contributed by atoms with E-state index in [-0.39, 0.29) is 29.5 Å². The van der Waals surface area contributed by atoms with Crippen LogP contribution in [0.25, 0.3) is 0 Å². The fourth-order valence-corrected chi connectivity index (χ4v) is 3.07. The molecule has 1 amide bonds. The first-order valence-corrected chi connectivity index (χ1v) is 6.92. The van der Waals surface area contributed by atoms with Gasteiger partial charge in [0.05, 0.1) is 4.88 Å². The van der Waals surface area contributed by atoms with Gasteiger partial charge < -0.3 is 10.6 Å². The van der Waals surface area contributed by atoms with Crippen LogP contribution in [0.1, 0.15) is 40.3 Å². The topological polar surface area (TPSA) is 63.4 Å². The van der Waals surface area contributed by atoms with Gasteiger partial charge in [0.25, 0.3) is 5.91 Å². The zero-order valence-corrected chi connectivity index (χ0v) is 12.8. The molecule has 0 radical (unpaired) electrons. The smallest absolute Gasteiger partial charge is 0.263 e. The van der Waals surface area contributed by atoms with Crippen LogP contribution >= 0.6 is 23.7 Å². The largest absolute Gasteiger partial charge is 0.337 e. The van der Waals surface area contributed by atoms with Crippen LogP contribution in [-0.4, -0.2) is 36.2 Å². The Morgan fingerprint density at radius 2 is 2.21 bits per heavy atom. The molecule has 0 saturated carbocycles. The van der Waals surface area contributed by atoms with Crippen LogP contribution in [0.4, 0.5) is 0 Å². The highest BCUT2D eigenvalue weighted by Gasteiger charge is 2.35. The van der Waals surface area contributed by atoms with Gasteiger partial charge in [-0.3, -0.25) is 9.59 Å². The molecule has 1 aliphatic rings. The lowest BCUT2D eigenvalue weighted by Gasteiger charge is -2.22. The van der Waals surface area contributed by atoms with Gasteiger partial charge in [0.2, 0.25) is 0 Å². The van der Waals surface area contributed by atoms with Crippen LogP contribution in [0.3, 0.4) is 0 Å². The summed E-state index contributed by atoms with van der Waals surface area (Å²) in [7, 11) is 0. The molecule has 0 aliphatic carbocycles. The SMILES string of the molecule is CC(=O)c1csc(C(=O)N2CCC(C)(CN)C2)c1.Cl. The summed E-state index contributed by atoms with van der Waals surface area (Å²) in [6.07, 6.45) is 0.945. The van der Waals surface area contributed by atoms with E-state index in [1.807, 2.05) is 4.90 Å². The molecule has 19 heavy (non-hydrogen) atoms. The predicted molar refractivity (Wildman–Crippen MR) is 79.3 cm³/mol. The highest BCUT2D eigenvalue weighted by Crippen LogP contribution is 2.30. The molecule has 1 aromatic heterocycles. The van der Waals surface area contributed by atoms with Crippen molar-refractivity contribution in [3.8, 4) is 0 Å². The van der Waals surface area contributed by atoms with Gasteiger partial charge in [-0.25, -0.2) is 0 Å². The average Bonchev–Trinajstić information content (AvgIpc) is 2.95. The molecular weight excluding hydrogens is 284 g/mol. The van der Waals surface area contributed by atoms with Gasteiger partial charge in [-0.05, 0) is 31.4 Å². The second-order valence-corrected chi connectivity index (χ2v) is 6.16. The van der Waals surface area contributed by atoms with Gasteiger partial charge in [0.15, 0.2) is 5.78 Å². The summed E-state index contributed by atoms with van der Waals surface area (Å²) in [5.74, 6) is 0.0168. The number of rotatable bonds is 3. The van der Waals surface area contributed by atoms with Gasteiger partial charge >= 0.3 is 0 Å². The minimum Gasteiger partial charge on any atom is -0.337 e. The Labute approximate surface area is 123 Å². The summed E-state index contributed by atoms with van der Waals surface area (Å²) in [6.45, 7) is 5.67. The van der Waals surface area contributed by atoms with Gasteiger partial charge in [-0.15, -0.1) is 23.7 Å². The van der Waals surface area contributed by atoms with E-state index < -0.39 is 0 Å². The van der Waals surface area contributed by atoms with Gasteiger partial charge in [-0.1, -0.05) is 6.92 Å². The second kappa shape index (κ2) is 6.03. The Morgan fingerprint density at radius 1 is 1.53 bits per heavy atom. The Hall–Kier alpha value is -0.910. The predicted octanol–water partition coefficient (Wildman–Crippen LogP) is 2.18. The third-order valence-electron chi connectivity index (χ3n) is 3.55. The number of hydrogen-bond acceptors (Lipinski definition) is 4. The minimum absolute atomic E-state index is 0. The van der Waals surface area contributed by atoms with Crippen molar-refractivity contribution in [2.75, 3.05) is 19.6 Å². The summed E-state index contributed by atoms with van der Waals surface area (Å²) in [5.41, 5.74) is 6.39. The van der Waals surface area contributed by atoms with E-state index in [1.165, 1.54) is 18.3 Å². The average molecular weight is 303 g/mol. The minimum atomic E-state index is -0.00137. The van der Waals surface area contributed by atoms with Crippen LogP contribution in [0.15, 0.2) is 11.4 Å². The zero-order valence-electron chi connectivity index (χ0n) is 11.1. The number of carbonyl (C=O) groups excluding carboxylic acids is 2. The molecule has 2 N–H and O–H groups in total. The molecule has 1 aliphatic heterocycles. The first-order valence-electron chi connectivity index (χ1n) is 6.04. The molecule has 0 spiro atoms. The number of nitrogens with zero attached hydrogens (tertiary/aromatic N) is 1. The highest BCUT2D eigenvalue weighted by atomic mass is 35.5. The van der Waals surface area contributed by atoms with Crippen molar-refractivity contribution in [1.82, 2.24) is 4.90 Å². The number of ketones is 1. The Morgan fingerprint density at radius 3 is 2.68 bits per heavy atom. The standard InChI is InChI=1S/C13H18N2O2S.ClH/c1-9(16)10-5-11(18-6-10)12(17)15-4-3-13(2,7-14)8-15;/h5-6H,3-4,7-8,14H2,1-2H3;1H. The van der Waals surface area contributed by atoms with Crippen LogP contribution in [0, 0.1) is 5.41 Å². The zero-order chi connectivity index (χ0) is 13.3. The van der Waals surface area contributed by atoms with Gasteiger partial charge in [0.1, 0.15) is 0 Å². The molecule has 4 nitrogen and oxygen atoms in total. The lowest BCUT2D eigenvalue weighted by Crippen LogP contribution is -2.34. The van der Waals surface area contributed by atoms with E-state index in [0.29, 0.717) is 23.5 Å². The van der Waals surface area contributed by atoms with Crippen molar-refractivity contribution in [3.05, 3.63) is 21.9 Å². The number of hydrogen-bond donors (Lipinski definition) is 1. The Kier molecular flexibility index (Phi) is 5.12. The number of thiophene rings is 1. The summed E-state index contributed by atoms with van der Waals surface area (Å²) in [5, 5.41) is 1.74. The molecule has 2 heterocycles. The lowest BCUT2D eigenvalue weighted by atomic mass is 9.90. The van der Waals surface area contributed by atoms with E-state index >= 15 is 0 Å². The van der Waals surface area contributed by atoms with E-state index in [2.05, 4.69) is 6.92 Å². The fourth-order valence-electron chi connectivity index (χ4n) is 2.15. The molecule has 1 aromatic rings. The molecule has 6 heteroatoms. The van der Waals surface area contributed by atoms with Gasteiger partial charge in [0, 0.05) is 24.0 Å². The van der Waals surface area contributed by atoms with E-state index in [4.69, 9.17) is 5.73 Å². The monoisotopic (exact) mass is 302 g/mol. The molecule has 0 aromatic carbocycles. The third-order valence-corrected chi connectivity index (χ3v) is 4.47. The van der Waals surface area contributed by atoms with Crippen molar-refractivity contribution < 1.29 is 9.59 Å². The quantitative estimate of drug-likeness (QED) is 0.871.